The number of hydrogen-bond acceptors (Lipinski definition) is 4. The standard InChI is InChI=1S/C10H11N3S/c11-5-4-10(2-3-10)8-14-9-12-6-1-7-13-9/h1,6-7H,2-4,8H2. The minimum Gasteiger partial charge on any atom is -0.231 e. The van der Waals surface area contributed by atoms with Gasteiger partial charge < -0.3 is 0 Å². The van der Waals surface area contributed by atoms with Crippen molar-refractivity contribution in [3.05, 3.63) is 18.5 Å². The van der Waals surface area contributed by atoms with Gasteiger partial charge in [0.2, 0.25) is 0 Å². The van der Waals surface area contributed by atoms with Crippen molar-refractivity contribution in [2.24, 2.45) is 5.41 Å². The molecule has 14 heavy (non-hydrogen) atoms. The molecule has 0 unspecified atom stereocenters. The van der Waals surface area contributed by atoms with E-state index in [0.717, 1.165) is 10.9 Å². The summed E-state index contributed by atoms with van der Waals surface area (Å²) in [6, 6.07) is 4.06. The second-order valence-electron chi connectivity index (χ2n) is 3.65. The van der Waals surface area contributed by atoms with E-state index in [4.69, 9.17) is 5.26 Å². The number of nitrogens with zero attached hydrogens (tertiary/aromatic N) is 3. The maximum atomic E-state index is 8.65. The third-order valence-corrected chi connectivity index (χ3v) is 3.69. The molecule has 0 bridgehead atoms. The Balaban J connectivity index is 1.87. The lowest BCUT2D eigenvalue weighted by Gasteiger charge is -2.08. The highest BCUT2D eigenvalue weighted by atomic mass is 32.2. The van der Waals surface area contributed by atoms with Gasteiger partial charge in [0.05, 0.1) is 6.07 Å². The van der Waals surface area contributed by atoms with Crippen LogP contribution in [-0.4, -0.2) is 15.7 Å². The highest BCUT2D eigenvalue weighted by Gasteiger charge is 2.42. The SMILES string of the molecule is N#CCC1(CSc2ncccn2)CC1. The fourth-order valence-corrected chi connectivity index (χ4v) is 2.39. The van der Waals surface area contributed by atoms with Gasteiger partial charge in [-0.05, 0) is 24.3 Å². The summed E-state index contributed by atoms with van der Waals surface area (Å²) >= 11 is 1.66. The molecule has 1 heterocycles. The average molecular weight is 205 g/mol. The van der Waals surface area contributed by atoms with Gasteiger partial charge in [0.1, 0.15) is 0 Å². The zero-order chi connectivity index (χ0) is 9.86. The van der Waals surface area contributed by atoms with Crippen LogP contribution in [0.4, 0.5) is 0 Å². The van der Waals surface area contributed by atoms with Crippen LogP contribution in [0.1, 0.15) is 19.3 Å². The minimum atomic E-state index is 0.276. The third kappa shape index (κ3) is 2.24. The fourth-order valence-electron chi connectivity index (χ4n) is 1.29. The first-order valence-corrected chi connectivity index (χ1v) is 5.60. The Hall–Kier alpha value is -1.08. The van der Waals surface area contributed by atoms with Crippen molar-refractivity contribution in [1.29, 1.82) is 5.26 Å². The molecule has 0 N–H and O–H groups in total. The molecule has 1 aromatic rings. The van der Waals surface area contributed by atoms with E-state index in [1.807, 2.05) is 6.07 Å². The summed E-state index contributed by atoms with van der Waals surface area (Å²) in [5.41, 5.74) is 0.276. The van der Waals surface area contributed by atoms with E-state index < -0.39 is 0 Å². The van der Waals surface area contributed by atoms with Gasteiger partial charge in [0, 0.05) is 24.6 Å². The highest BCUT2D eigenvalue weighted by Crippen LogP contribution is 2.51. The maximum absolute atomic E-state index is 8.65. The minimum absolute atomic E-state index is 0.276. The number of rotatable bonds is 4. The van der Waals surface area contributed by atoms with Crippen molar-refractivity contribution in [1.82, 2.24) is 9.97 Å². The average Bonchev–Trinajstić information content (AvgIpc) is 2.98. The number of aromatic nitrogens is 2. The summed E-state index contributed by atoms with van der Waals surface area (Å²) in [7, 11) is 0. The first-order chi connectivity index (χ1) is 6.85. The number of thioether (sulfide) groups is 1. The third-order valence-electron chi connectivity index (χ3n) is 2.46. The Kier molecular flexibility index (Phi) is 2.69. The van der Waals surface area contributed by atoms with E-state index >= 15 is 0 Å². The molecule has 1 fully saturated rings. The van der Waals surface area contributed by atoms with Crippen LogP contribution < -0.4 is 0 Å². The first-order valence-electron chi connectivity index (χ1n) is 4.61. The van der Waals surface area contributed by atoms with Gasteiger partial charge in [0.15, 0.2) is 5.16 Å². The summed E-state index contributed by atoms with van der Waals surface area (Å²) in [6.45, 7) is 0. The predicted octanol–water partition coefficient (Wildman–Crippen LogP) is 2.26. The van der Waals surface area contributed by atoms with Crippen molar-refractivity contribution in [2.75, 3.05) is 5.75 Å². The molecule has 0 amide bonds. The molecule has 1 aliphatic rings. The van der Waals surface area contributed by atoms with Crippen molar-refractivity contribution in [3.8, 4) is 6.07 Å². The van der Waals surface area contributed by atoms with Crippen LogP contribution in [0.2, 0.25) is 0 Å². The zero-order valence-electron chi connectivity index (χ0n) is 7.81. The highest BCUT2D eigenvalue weighted by molar-refractivity contribution is 7.99. The van der Waals surface area contributed by atoms with Crippen molar-refractivity contribution >= 4 is 11.8 Å². The molecule has 1 aliphatic carbocycles. The van der Waals surface area contributed by atoms with Crippen LogP contribution in [0.3, 0.4) is 0 Å². The fraction of sp³-hybridized carbons (Fsp3) is 0.500. The van der Waals surface area contributed by atoms with Crippen LogP contribution in [0.5, 0.6) is 0 Å². The molecule has 72 valence electrons. The molecule has 0 aromatic carbocycles. The van der Waals surface area contributed by atoms with Crippen LogP contribution in [-0.2, 0) is 0 Å². The Morgan fingerprint density at radius 3 is 2.71 bits per heavy atom. The molecule has 0 saturated heterocycles. The molecular formula is C10H11N3S. The van der Waals surface area contributed by atoms with Crippen LogP contribution >= 0.6 is 11.8 Å². The molecule has 0 atom stereocenters. The topological polar surface area (TPSA) is 49.6 Å². The van der Waals surface area contributed by atoms with Crippen LogP contribution in [0.15, 0.2) is 23.6 Å². The molecule has 0 radical (unpaired) electrons. The Labute approximate surface area is 87.6 Å². The molecule has 4 heteroatoms. The number of nitriles is 1. The van der Waals surface area contributed by atoms with Crippen LogP contribution in [0, 0.1) is 16.7 Å². The lowest BCUT2D eigenvalue weighted by molar-refractivity contribution is 0.603. The molecule has 0 spiro atoms. The second-order valence-corrected chi connectivity index (χ2v) is 4.60. The van der Waals surface area contributed by atoms with Gasteiger partial charge in [-0.1, -0.05) is 11.8 Å². The van der Waals surface area contributed by atoms with Gasteiger partial charge in [-0.2, -0.15) is 5.26 Å². The van der Waals surface area contributed by atoms with Gasteiger partial charge >= 0.3 is 0 Å². The summed E-state index contributed by atoms with van der Waals surface area (Å²) in [6.07, 6.45) is 6.53. The van der Waals surface area contributed by atoms with Gasteiger partial charge in [-0.25, -0.2) is 9.97 Å². The summed E-state index contributed by atoms with van der Waals surface area (Å²) in [5, 5.41) is 9.46. The summed E-state index contributed by atoms with van der Waals surface area (Å²) in [4.78, 5) is 8.28. The molecular weight excluding hydrogens is 194 g/mol. The maximum Gasteiger partial charge on any atom is 0.187 e. The molecule has 1 aromatic heterocycles. The van der Waals surface area contributed by atoms with Gasteiger partial charge in [-0.3, -0.25) is 0 Å². The van der Waals surface area contributed by atoms with E-state index in [0.29, 0.717) is 6.42 Å². The quantitative estimate of drug-likeness (QED) is 0.559. The van der Waals surface area contributed by atoms with E-state index in [2.05, 4.69) is 16.0 Å². The van der Waals surface area contributed by atoms with E-state index in [-0.39, 0.29) is 5.41 Å². The Bertz CT molecular complexity index is 340. The largest absolute Gasteiger partial charge is 0.231 e. The summed E-state index contributed by atoms with van der Waals surface area (Å²) < 4.78 is 0. The first kappa shape index (κ1) is 9.47. The lowest BCUT2D eigenvalue weighted by Crippen LogP contribution is -2.03. The van der Waals surface area contributed by atoms with E-state index in [9.17, 15) is 0 Å². The smallest absolute Gasteiger partial charge is 0.187 e. The second kappa shape index (κ2) is 3.97. The molecule has 3 nitrogen and oxygen atoms in total. The molecule has 1 saturated carbocycles. The van der Waals surface area contributed by atoms with Crippen molar-refractivity contribution < 1.29 is 0 Å². The zero-order valence-corrected chi connectivity index (χ0v) is 8.63. The number of hydrogen-bond donors (Lipinski definition) is 0. The van der Waals surface area contributed by atoms with Crippen molar-refractivity contribution in [2.45, 2.75) is 24.4 Å². The van der Waals surface area contributed by atoms with Gasteiger partial charge in [0.25, 0.3) is 0 Å². The van der Waals surface area contributed by atoms with E-state index in [1.54, 1.807) is 24.2 Å². The summed E-state index contributed by atoms with van der Waals surface area (Å²) in [5.74, 6) is 0.977. The van der Waals surface area contributed by atoms with E-state index in [1.165, 1.54) is 12.8 Å². The van der Waals surface area contributed by atoms with Crippen molar-refractivity contribution in [3.63, 3.8) is 0 Å². The molecule has 0 aliphatic heterocycles. The molecule has 2 rings (SSSR count). The van der Waals surface area contributed by atoms with Crippen LogP contribution in [0.25, 0.3) is 0 Å². The predicted molar refractivity (Wildman–Crippen MR) is 54.7 cm³/mol. The van der Waals surface area contributed by atoms with Gasteiger partial charge in [-0.15, -0.1) is 0 Å². The Morgan fingerprint density at radius 1 is 1.43 bits per heavy atom. The Morgan fingerprint density at radius 2 is 2.14 bits per heavy atom. The normalized spacial score (nSPS) is 17.4. The monoisotopic (exact) mass is 205 g/mol. The lowest BCUT2D eigenvalue weighted by atomic mass is 10.1.